The minimum atomic E-state index is -0.674. The topological polar surface area (TPSA) is 54.4 Å². The molecular formula is C10H5BrO3. The maximum absolute atomic E-state index is 11.5. The van der Waals surface area contributed by atoms with Crippen LogP contribution in [0.1, 0.15) is 15.9 Å². The van der Waals surface area contributed by atoms with E-state index in [1.807, 2.05) is 0 Å². The summed E-state index contributed by atoms with van der Waals surface area (Å²) >= 11 is 3.00. The third kappa shape index (κ3) is 1.19. The van der Waals surface area contributed by atoms with E-state index < -0.39 is 11.6 Å². The molecule has 0 saturated carbocycles. The molecule has 0 amide bonds. The normalized spacial score (nSPS) is 15.1. The van der Waals surface area contributed by atoms with Gasteiger partial charge in [0.15, 0.2) is 0 Å². The molecule has 0 heterocycles. The summed E-state index contributed by atoms with van der Waals surface area (Å²) in [6.45, 7) is 0. The van der Waals surface area contributed by atoms with Crippen LogP contribution in [0.3, 0.4) is 0 Å². The Hall–Kier alpha value is -1.42. The lowest BCUT2D eigenvalue weighted by Gasteiger charge is -2.11. The third-order valence-corrected chi connectivity index (χ3v) is 2.60. The number of hydrogen-bond donors (Lipinski definition) is 1. The van der Waals surface area contributed by atoms with Crippen LogP contribution in [0.4, 0.5) is 0 Å². The number of allylic oxidation sites excluding steroid dienone is 1. The number of fused-ring (bicyclic) bond motifs is 1. The summed E-state index contributed by atoms with van der Waals surface area (Å²) in [5.41, 5.74) is 0.641. The van der Waals surface area contributed by atoms with E-state index in [1.54, 1.807) is 12.1 Å². The van der Waals surface area contributed by atoms with Crippen molar-refractivity contribution in [2.24, 2.45) is 0 Å². The van der Waals surface area contributed by atoms with Crippen LogP contribution >= 0.6 is 15.9 Å². The van der Waals surface area contributed by atoms with Gasteiger partial charge in [-0.25, -0.2) is 0 Å². The van der Waals surface area contributed by atoms with Gasteiger partial charge in [-0.15, -0.1) is 0 Å². The Labute approximate surface area is 88.2 Å². The van der Waals surface area contributed by atoms with E-state index in [2.05, 4.69) is 15.9 Å². The average molecular weight is 253 g/mol. The molecule has 4 heteroatoms. The van der Waals surface area contributed by atoms with Crippen LogP contribution < -0.4 is 0 Å². The van der Waals surface area contributed by atoms with Gasteiger partial charge in [-0.05, 0) is 33.6 Å². The maximum atomic E-state index is 11.5. The zero-order chi connectivity index (χ0) is 10.3. The predicted molar refractivity (Wildman–Crippen MR) is 54.3 cm³/mol. The van der Waals surface area contributed by atoms with E-state index in [9.17, 15) is 14.7 Å². The van der Waals surface area contributed by atoms with Crippen LogP contribution in [0.5, 0.6) is 5.75 Å². The molecular weight excluding hydrogens is 248 g/mol. The summed E-state index contributed by atoms with van der Waals surface area (Å²) < 4.78 is 0.223. The molecule has 0 spiro atoms. The molecule has 3 nitrogen and oxygen atoms in total. The first kappa shape index (κ1) is 9.15. The van der Waals surface area contributed by atoms with Crippen molar-refractivity contribution >= 4 is 33.6 Å². The molecule has 1 N–H and O–H groups in total. The number of hydrogen-bond acceptors (Lipinski definition) is 3. The Kier molecular flexibility index (Phi) is 2.00. The molecule has 0 aromatic heterocycles. The second-order valence-electron chi connectivity index (χ2n) is 2.89. The molecule has 0 bridgehead atoms. The SMILES string of the molecule is O=C1C(=O)c2c(O)cccc2C=C1Br. The molecule has 70 valence electrons. The molecule has 1 aromatic rings. The Balaban J connectivity index is 2.76. The molecule has 1 aliphatic rings. The fraction of sp³-hybridized carbons (Fsp3) is 0. The highest BCUT2D eigenvalue weighted by atomic mass is 79.9. The summed E-state index contributed by atoms with van der Waals surface area (Å²) in [7, 11) is 0. The standard InChI is InChI=1S/C10H5BrO3/c11-6-4-5-2-1-3-7(12)8(5)10(14)9(6)13/h1-4,12H. The molecule has 0 saturated heterocycles. The molecule has 0 radical (unpaired) electrons. The van der Waals surface area contributed by atoms with Gasteiger partial charge in [-0.3, -0.25) is 9.59 Å². The van der Waals surface area contributed by atoms with Gasteiger partial charge in [0, 0.05) is 0 Å². The third-order valence-electron chi connectivity index (χ3n) is 2.01. The van der Waals surface area contributed by atoms with E-state index >= 15 is 0 Å². The van der Waals surface area contributed by atoms with Gasteiger partial charge in [0.2, 0.25) is 11.6 Å². The number of carbonyl (C=O) groups is 2. The first-order valence-corrected chi connectivity index (χ1v) is 4.69. The first-order chi connectivity index (χ1) is 6.61. The highest BCUT2D eigenvalue weighted by Crippen LogP contribution is 2.30. The van der Waals surface area contributed by atoms with Gasteiger partial charge in [0.25, 0.3) is 0 Å². The number of benzene rings is 1. The molecule has 1 aromatic carbocycles. The number of carbonyl (C=O) groups excluding carboxylic acids is 2. The molecule has 0 unspecified atom stereocenters. The molecule has 0 aliphatic heterocycles. The largest absolute Gasteiger partial charge is 0.507 e. The maximum Gasteiger partial charge on any atom is 0.240 e. The highest BCUT2D eigenvalue weighted by molar-refractivity contribution is 9.12. The molecule has 1 aliphatic carbocycles. The van der Waals surface area contributed by atoms with Crippen molar-refractivity contribution in [3.05, 3.63) is 33.8 Å². The number of phenolic OH excluding ortho intramolecular Hbond substituents is 1. The fourth-order valence-electron chi connectivity index (χ4n) is 1.35. The van der Waals surface area contributed by atoms with E-state index in [0.717, 1.165) is 0 Å². The lowest BCUT2D eigenvalue weighted by atomic mass is 9.94. The van der Waals surface area contributed by atoms with Crippen molar-refractivity contribution in [1.29, 1.82) is 0 Å². The molecule has 14 heavy (non-hydrogen) atoms. The van der Waals surface area contributed by atoms with E-state index in [-0.39, 0.29) is 15.8 Å². The summed E-state index contributed by atoms with van der Waals surface area (Å²) in [4.78, 5) is 22.7. The number of Topliss-reactive ketones (excluding diaryl/α,β-unsaturated/α-hetero) is 2. The predicted octanol–water partition coefficient (Wildman–Crippen LogP) is 1.89. The van der Waals surface area contributed by atoms with Crippen LogP contribution in [0, 0.1) is 0 Å². The monoisotopic (exact) mass is 252 g/mol. The Morgan fingerprint density at radius 2 is 1.86 bits per heavy atom. The van der Waals surface area contributed by atoms with E-state index in [4.69, 9.17) is 0 Å². The van der Waals surface area contributed by atoms with E-state index in [1.165, 1.54) is 12.1 Å². The zero-order valence-electron chi connectivity index (χ0n) is 6.95. The molecule has 2 rings (SSSR count). The Morgan fingerprint density at radius 3 is 2.57 bits per heavy atom. The van der Waals surface area contributed by atoms with Gasteiger partial charge in [0.1, 0.15) is 5.75 Å². The number of ketones is 2. The summed E-state index contributed by atoms with van der Waals surface area (Å²) in [6, 6.07) is 4.67. The summed E-state index contributed by atoms with van der Waals surface area (Å²) in [6.07, 6.45) is 1.53. The average Bonchev–Trinajstić information content (AvgIpc) is 2.14. The lowest BCUT2D eigenvalue weighted by molar-refractivity contribution is -0.111. The van der Waals surface area contributed by atoms with Crippen LogP contribution in [0.25, 0.3) is 6.08 Å². The van der Waals surface area contributed by atoms with Gasteiger partial charge < -0.3 is 5.11 Å². The van der Waals surface area contributed by atoms with Gasteiger partial charge >= 0.3 is 0 Å². The lowest BCUT2D eigenvalue weighted by Crippen LogP contribution is -2.18. The number of aromatic hydroxyl groups is 1. The fourth-order valence-corrected chi connectivity index (χ4v) is 1.78. The molecule has 0 fully saturated rings. The van der Waals surface area contributed by atoms with Crippen molar-refractivity contribution < 1.29 is 14.7 Å². The summed E-state index contributed by atoms with van der Waals surface area (Å²) in [5.74, 6) is -1.46. The van der Waals surface area contributed by atoms with Crippen molar-refractivity contribution in [3.63, 3.8) is 0 Å². The van der Waals surface area contributed by atoms with E-state index in [0.29, 0.717) is 5.56 Å². The van der Waals surface area contributed by atoms with Gasteiger partial charge in [-0.2, -0.15) is 0 Å². The van der Waals surface area contributed by atoms with Crippen LogP contribution in [0.2, 0.25) is 0 Å². The second kappa shape index (κ2) is 3.06. The number of rotatable bonds is 0. The van der Waals surface area contributed by atoms with Crippen molar-refractivity contribution in [3.8, 4) is 5.75 Å². The minimum Gasteiger partial charge on any atom is -0.507 e. The van der Waals surface area contributed by atoms with Crippen LogP contribution in [-0.4, -0.2) is 16.7 Å². The zero-order valence-corrected chi connectivity index (χ0v) is 8.54. The van der Waals surface area contributed by atoms with Gasteiger partial charge in [-0.1, -0.05) is 12.1 Å². The molecule has 0 atom stereocenters. The number of halogens is 1. The number of phenols is 1. The minimum absolute atomic E-state index is 0.0840. The second-order valence-corrected chi connectivity index (χ2v) is 3.75. The van der Waals surface area contributed by atoms with Gasteiger partial charge in [0.05, 0.1) is 10.0 Å². The van der Waals surface area contributed by atoms with Crippen molar-refractivity contribution in [2.45, 2.75) is 0 Å². The quantitative estimate of drug-likeness (QED) is 0.718. The Bertz CT molecular complexity index is 474. The Morgan fingerprint density at radius 1 is 1.14 bits per heavy atom. The van der Waals surface area contributed by atoms with Crippen LogP contribution in [-0.2, 0) is 4.79 Å². The first-order valence-electron chi connectivity index (χ1n) is 3.89. The van der Waals surface area contributed by atoms with Crippen LogP contribution in [0.15, 0.2) is 22.7 Å². The van der Waals surface area contributed by atoms with Crippen molar-refractivity contribution in [1.82, 2.24) is 0 Å². The highest BCUT2D eigenvalue weighted by Gasteiger charge is 2.28. The van der Waals surface area contributed by atoms with Crippen molar-refractivity contribution in [2.75, 3.05) is 0 Å². The summed E-state index contributed by atoms with van der Waals surface area (Å²) in [5, 5.41) is 9.41. The smallest absolute Gasteiger partial charge is 0.240 e.